The van der Waals surface area contributed by atoms with E-state index >= 15 is 0 Å². The number of aliphatic hydroxyl groups excluding tert-OH is 1. The Bertz CT molecular complexity index is 1060. The molecule has 0 fully saturated rings. The van der Waals surface area contributed by atoms with Crippen molar-refractivity contribution in [3.63, 3.8) is 0 Å². The molecule has 4 nitrogen and oxygen atoms in total. The molecule has 1 atom stereocenters. The molecule has 0 aliphatic rings. The summed E-state index contributed by atoms with van der Waals surface area (Å²) >= 11 is 0. The van der Waals surface area contributed by atoms with Gasteiger partial charge in [-0.25, -0.2) is 4.98 Å². The van der Waals surface area contributed by atoms with E-state index < -0.39 is 6.10 Å². The van der Waals surface area contributed by atoms with Crippen molar-refractivity contribution in [2.75, 3.05) is 6.61 Å². The van der Waals surface area contributed by atoms with Gasteiger partial charge in [0.05, 0.1) is 17.6 Å². The van der Waals surface area contributed by atoms with Gasteiger partial charge in [-0.15, -0.1) is 0 Å². The molecule has 142 valence electrons. The smallest absolute Gasteiger partial charge is 0.143 e. The zero-order valence-electron chi connectivity index (χ0n) is 16.0. The highest BCUT2D eigenvalue weighted by Gasteiger charge is 2.19. The van der Waals surface area contributed by atoms with Gasteiger partial charge in [0.15, 0.2) is 0 Å². The quantitative estimate of drug-likeness (QED) is 0.470. The van der Waals surface area contributed by atoms with Crippen molar-refractivity contribution < 1.29 is 9.84 Å². The van der Waals surface area contributed by atoms with E-state index in [2.05, 4.69) is 17.6 Å². The number of aliphatic hydroxyl groups is 1. The standard InChI is InChI=1S/C24H24N2O2/c1-18-9-7-12-20(17-18)28-16-8-15-26-22-14-6-5-13-21(22)25-24(26)23(27)19-10-3-2-4-11-19/h2-7,9-14,17,23,27H,8,15-16H2,1H3/t23-/m1/s1. The van der Waals surface area contributed by atoms with Crippen molar-refractivity contribution in [3.05, 3.63) is 95.8 Å². The van der Waals surface area contributed by atoms with Crippen LogP contribution in [0, 0.1) is 6.92 Å². The van der Waals surface area contributed by atoms with Crippen molar-refractivity contribution in [1.82, 2.24) is 9.55 Å². The van der Waals surface area contributed by atoms with Crippen LogP contribution in [0.15, 0.2) is 78.9 Å². The second kappa shape index (κ2) is 8.28. The van der Waals surface area contributed by atoms with Crippen LogP contribution in [0.4, 0.5) is 0 Å². The number of fused-ring (bicyclic) bond motifs is 1. The van der Waals surface area contributed by atoms with E-state index in [1.807, 2.05) is 72.8 Å². The molecule has 3 aromatic carbocycles. The SMILES string of the molecule is Cc1cccc(OCCCn2c([C@H](O)c3ccccc3)nc3ccccc32)c1. The molecule has 1 N–H and O–H groups in total. The van der Waals surface area contributed by atoms with Gasteiger partial charge in [0.2, 0.25) is 0 Å². The molecule has 0 unspecified atom stereocenters. The molecule has 0 bridgehead atoms. The summed E-state index contributed by atoms with van der Waals surface area (Å²) in [6, 6.07) is 25.7. The second-order valence-corrected chi connectivity index (χ2v) is 6.94. The first-order valence-corrected chi connectivity index (χ1v) is 9.60. The molecule has 1 heterocycles. The van der Waals surface area contributed by atoms with Crippen molar-refractivity contribution in [2.24, 2.45) is 0 Å². The summed E-state index contributed by atoms with van der Waals surface area (Å²) in [5, 5.41) is 10.9. The highest BCUT2D eigenvalue weighted by molar-refractivity contribution is 5.76. The molecular formula is C24H24N2O2. The van der Waals surface area contributed by atoms with Gasteiger partial charge in [0.1, 0.15) is 17.7 Å². The fraction of sp³-hybridized carbons (Fsp3) is 0.208. The third-order valence-electron chi connectivity index (χ3n) is 4.83. The summed E-state index contributed by atoms with van der Waals surface area (Å²) in [7, 11) is 0. The number of aromatic nitrogens is 2. The fourth-order valence-corrected chi connectivity index (χ4v) is 3.44. The van der Waals surface area contributed by atoms with Crippen LogP contribution in [0.25, 0.3) is 11.0 Å². The van der Waals surface area contributed by atoms with Gasteiger partial charge >= 0.3 is 0 Å². The van der Waals surface area contributed by atoms with E-state index in [-0.39, 0.29) is 0 Å². The molecule has 0 saturated heterocycles. The Balaban J connectivity index is 1.53. The molecule has 0 saturated carbocycles. The Morgan fingerprint density at radius 2 is 1.75 bits per heavy atom. The lowest BCUT2D eigenvalue weighted by Gasteiger charge is -2.15. The number of rotatable bonds is 7. The third-order valence-corrected chi connectivity index (χ3v) is 4.83. The monoisotopic (exact) mass is 372 g/mol. The van der Waals surface area contributed by atoms with Gasteiger partial charge in [-0.05, 0) is 48.7 Å². The number of imidazole rings is 1. The first kappa shape index (κ1) is 18.3. The first-order chi connectivity index (χ1) is 13.7. The van der Waals surface area contributed by atoms with Crippen molar-refractivity contribution in [3.8, 4) is 5.75 Å². The van der Waals surface area contributed by atoms with Crippen LogP contribution in [0.5, 0.6) is 5.75 Å². The van der Waals surface area contributed by atoms with Crippen LogP contribution in [-0.4, -0.2) is 21.3 Å². The topological polar surface area (TPSA) is 47.3 Å². The molecule has 4 rings (SSSR count). The zero-order chi connectivity index (χ0) is 19.3. The van der Waals surface area contributed by atoms with E-state index in [0.29, 0.717) is 12.4 Å². The van der Waals surface area contributed by atoms with Gasteiger partial charge in [0, 0.05) is 6.54 Å². The number of hydrogen-bond acceptors (Lipinski definition) is 3. The number of aryl methyl sites for hydroxylation is 2. The second-order valence-electron chi connectivity index (χ2n) is 6.94. The Hall–Kier alpha value is -3.11. The molecule has 4 aromatic rings. The van der Waals surface area contributed by atoms with Gasteiger partial charge < -0.3 is 14.4 Å². The fourth-order valence-electron chi connectivity index (χ4n) is 3.44. The summed E-state index contributed by atoms with van der Waals surface area (Å²) in [6.07, 6.45) is 0.0642. The Kier molecular flexibility index (Phi) is 5.40. The van der Waals surface area contributed by atoms with E-state index in [1.54, 1.807) is 0 Å². The van der Waals surface area contributed by atoms with Crippen LogP contribution in [0.1, 0.15) is 29.5 Å². The third kappa shape index (κ3) is 3.92. The number of para-hydroxylation sites is 2. The average Bonchev–Trinajstić information content (AvgIpc) is 3.10. The predicted molar refractivity (Wildman–Crippen MR) is 112 cm³/mol. The van der Waals surface area contributed by atoms with E-state index in [4.69, 9.17) is 9.72 Å². The van der Waals surface area contributed by atoms with Gasteiger partial charge in [-0.1, -0.05) is 54.6 Å². The number of ether oxygens (including phenoxy) is 1. The molecular weight excluding hydrogens is 348 g/mol. The zero-order valence-corrected chi connectivity index (χ0v) is 16.0. The Labute approximate surface area is 165 Å². The van der Waals surface area contributed by atoms with Gasteiger partial charge in [0.25, 0.3) is 0 Å². The molecule has 0 radical (unpaired) electrons. The maximum Gasteiger partial charge on any atom is 0.143 e. The maximum absolute atomic E-state index is 10.9. The van der Waals surface area contributed by atoms with Crippen LogP contribution in [-0.2, 0) is 6.54 Å². The van der Waals surface area contributed by atoms with Gasteiger partial charge in [-0.2, -0.15) is 0 Å². The normalized spacial score (nSPS) is 12.2. The highest BCUT2D eigenvalue weighted by Crippen LogP contribution is 2.26. The molecule has 0 aliphatic heterocycles. The molecule has 28 heavy (non-hydrogen) atoms. The molecule has 0 aliphatic carbocycles. The largest absolute Gasteiger partial charge is 0.494 e. The summed E-state index contributed by atoms with van der Waals surface area (Å²) in [5.41, 5.74) is 3.96. The minimum atomic E-state index is -0.758. The van der Waals surface area contributed by atoms with E-state index in [1.165, 1.54) is 5.56 Å². The Morgan fingerprint density at radius 3 is 2.57 bits per heavy atom. The van der Waals surface area contributed by atoms with Crippen LogP contribution in [0.2, 0.25) is 0 Å². The molecule has 4 heteroatoms. The lowest BCUT2D eigenvalue weighted by molar-refractivity contribution is 0.203. The van der Waals surface area contributed by atoms with Crippen LogP contribution >= 0.6 is 0 Å². The predicted octanol–water partition coefficient (Wildman–Crippen LogP) is 4.90. The number of nitrogens with zero attached hydrogens (tertiary/aromatic N) is 2. The van der Waals surface area contributed by atoms with Crippen molar-refractivity contribution >= 4 is 11.0 Å². The number of hydrogen-bond donors (Lipinski definition) is 1. The molecule has 0 amide bonds. The summed E-state index contributed by atoms with van der Waals surface area (Å²) in [6.45, 7) is 3.39. The van der Waals surface area contributed by atoms with E-state index in [0.717, 1.165) is 35.3 Å². The molecule has 1 aromatic heterocycles. The number of benzene rings is 3. The lowest BCUT2D eigenvalue weighted by atomic mass is 10.1. The van der Waals surface area contributed by atoms with Gasteiger partial charge in [-0.3, -0.25) is 0 Å². The molecule has 0 spiro atoms. The van der Waals surface area contributed by atoms with E-state index in [9.17, 15) is 5.11 Å². The van der Waals surface area contributed by atoms with Crippen molar-refractivity contribution in [2.45, 2.75) is 26.0 Å². The average molecular weight is 372 g/mol. The summed E-state index contributed by atoms with van der Waals surface area (Å²) in [5.74, 6) is 1.56. The summed E-state index contributed by atoms with van der Waals surface area (Å²) in [4.78, 5) is 4.71. The maximum atomic E-state index is 10.9. The van der Waals surface area contributed by atoms with Crippen LogP contribution < -0.4 is 4.74 Å². The highest BCUT2D eigenvalue weighted by atomic mass is 16.5. The lowest BCUT2D eigenvalue weighted by Crippen LogP contribution is -2.12. The Morgan fingerprint density at radius 1 is 0.964 bits per heavy atom. The summed E-state index contributed by atoms with van der Waals surface area (Å²) < 4.78 is 7.99. The minimum Gasteiger partial charge on any atom is -0.494 e. The van der Waals surface area contributed by atoms with Crippen molar-refractivity contribution in [1.29, 1.82) is 0 Å². The minimum absolute atomic E-state index is 0.608. The van der Waals surface area contributed by atoms with Crippen LogP contribution in [0.3, 0.4) is 0 Å². The first-order valence-electron chi connectivity index (χ1n) is 9.60.